The van der Waals surface area contributed by atoms with E-state index in [-0.39, 0.29) is 35.4 Å². The standard InChI is InChI=1S/C16H23BrFN3O.HI/c1-3-19-15(21-11-16(2)7-4-8-22-16)20-10-12-5-6-13(17)14(18)9-12;/h5-6,9H,3-4,7-8,10-11H2,1-2H3,(H2,19,20,21);1H. The maximum atomic E-state index is 13.5. The summed E-state index contributed by atoms with van der Waals surface area (Å²) in [5.41, 5.74) is 0.709. The lowest BCUT2D eigenvalue weighted by molar-refractivity contribution is 0.0243. The molecular formula is C16H24BrFIN3O. The predicted molar refractivity (Wildman–Crippen MR) is 106 cm³/mol. The SMILES string of the molecule is CCNC(=NCc1ccc(Br)c(F)c1)NCC1(C)CCCO1.I. The number of guanidine groups is 1. The summed E-state index contributed by atoms with van der Waals surface area (Å²) in [6.07, 6.45) is 2.15. The van der Waals surface area contributed by atoms with Crippen LogP contribution in [0, 0.1) is 5.82 Å². The van der Waals surface area contributed by atoms with E-state index in [0.29, 0.717) is 17.6 Å². The second kappa shape index (κ2) is 9.78. The molecule has 7 heteroatoms. The first-order valence-corrected chi connectivity index (χ1v) is 8.42. The fourth-order valence-electron chi connectivity index (χ4n) is 2.40. The molecule has 0 amide bonds. The third kappa shape index (κ3) is 6.54. The van der Waals surface area contributed by atoms with Gasteiger partial charge in [-0.3, -0.25) is 0 Å². The number of halogens is 3. The molecule has 1 unspecified atom stereocenters. The summed E-state index contributed by atoms with van der Waals surface area (Å²) in [4.78, 5) is 4.50. The normalized spacial score (nSPS) is 21.0. The highest BCUT2D eigenvalue weighted by Crippen LogP contribution is 2.23. The lowest BCUT2D eigenvalue weighted by Gasteiger charge is -2.24. The maximum Gasteiger partial charge on any atom is 0.191 e. The van der Waals surface area contributed by atoms with Gasteiger partial charge in [0.25, 0.3) is 0 Å². The van der Waals surface area contributed by atoms with Gasteiger partial charge in [-0.05, 0) is 60.3 Å². The monoisotopic (exact) mass is 499 g/mol. The summed E-state index contributed by atoms with van der Waals surface area (Å²) < 4.78 is 19.7. The molecule has 2 N–H and O–H groups in total. The van der Waals surface area contributed by atoms with Crippen molar-refractivity contribution in [1.29, 1.82) is 0 Å². The molecule has 1 fully saturated rings. The second-order valence-electron chi connectivity index (χ2n) is 5.70. The van der Waals surface area contributed by atoms with Gasteiger partial charge in [0.1, 0.15) is 5.82 Å². The number of ether oxygens (including phenoxy) is 1. The Bertz CT molecular complexity index is 536. The number of nitrogens with zero attached hydrogens (tertiary/aromatic N) is 1. The molecule has 1 aliphatic heterocycles. The molecule has 1 aromatic carbocycles. The number of hydrogen-bond acceptors (Lipinski definition) is 2. The van der Waals surface area contributed by atoms with Crippen molar-refractivity contribution in [2.45, 2.75) is 38.8 Å². The number of benzene rings is 1. The Morgan fingerprint density at radius 2 is 2.22 bits per heavy atom. The minimum Gasteiger partial charge on any atom is -0.373 e. The molecule has 0 spiro atoms. The van der Waals surface area contributed by atoms with Crippen LogP contribution in [0.5, 0.6) is 0 Å². The Hall–Kier alpha value is -0.410. The molecule has 2 rings (SSSR count). The molecule has 1 aromatic rings. The van der Waals surface area contributed by atoms with Gasteiger partial charge in [-0.25, -0.2) is 9.38 Å². The van der Waals surface area contributed by atoms with Gasteiger partial charge in [-0.1, -0.05) is 6.07 Å². The smallest absolute Gasteiger partial charge is 0.191 e. The summed E-state index contributed by atoms with van der Waals surface area (Å²) in [5.74, 6) is 0.458. The summed E-state index contributed by atoms with van der Waals surface area (Å²) in [6, 6.07) is 5.06. The lowest BCUT2D eigenvalue weighted by atomic mass is 10.0. The van der Waals surface area contributed by atoms with Gasteiger partial charge in [0, 0.05) is 19.7 Å². The van der Waals surface area contributed by atoms with E-state index in [0.717, 1.165) is 37.5 Å². The van der Waals surface area contributed by atoms with Crippen LogP contribution >= 0.6 is 39.9 Å². The van der Waals surface area contributed by atoms with E-state index in [2.05, 4.69) is 38.5 Å². The van der Waals surface area contributed by atoms with Gasteiger partial charge in [0.05, 0.1) is 16.6 Å². The highest BCUT2D eigenvalue weighted by atomic mass is 127. The van der Waals surface area contributed by atoms with Gasteiger partial charge < -0.3 is 15.4 Å². The van der Waals surface area contributed by atoms with Crippen molar-refractivity contribution in [2.24, 2.45) is 4.99 Å². The van der Waals surface area contributed by atoms with Gasteiger partial charge in [0.15, 0.2) is 5.96 Å². The molecule has 4 nitrogen and oxygen atoms in total. The van der Waals surface area contributed by atoms with E-state index in [4.69, 9.17) is 4.74 Å². The number of aliphatic imine (C=N–C) groups is 1. The molecule has 0 radical (unpaired) electrons. The van der Waals surface area contributed by atoms with Gasteiger partial charge in [0.2, 0.25) is 0 Å². The van der Waals surface area contributed by atoms with Crippen LogP contribution in [0.4, 0.5) is 4.39 Å². The highest BCUT2D eigenvalue weighted by Gasteiger charge is 2.29. The van der Waals surface area contributed by atoms with E-state index in [1.165, 1.54) is 6.07 Å². The number of nitrogens with one attached hydrogen (secondary N) is 2. The van der Waals surface area contributed by atoms with E-state index < -0.39 is 0 Å². The predicted octanol–water partition coefficient (Wildman–Crippen LogP) is 3.83. The minimum absolute atomic E-state index is 0. The topological polar surface area (TPSA) is 45.7 Å². The molecule has 1 aliphatic rings. The van der Waals surface area contributed by atoms with Crippen LogP contribution in [0.1, 0.15) is 32.3 Å². The first-order valence-electron chi connectivity index (χ1n) is 7.62. The average molecular weight is 500 g/mol. The van der Waals surface area contributed by atoms with Crippen LogP contribution in [-0.4, -0.2) is 31.3 Å². The van der Waals surface area contributed by atoms with E-state index in [1.54, 1.807) is 6.07 Å². The second-order valence-corrected chi connectivity index (χ2v) is 6.55. The zero-order valence-electron chi connectivity index (χ0n) is 13.5. The summed E-state index contributed by atoms with van der Waals surface area (Å²) in [5, 5.41) is 6.51. The van der Waals surface area contributed by atoms with Crippen LogP contribution < -0.4 is 10.6 Å². The summed E-state index contributed by atoms with van der Waals surface area (Å²) >= 11 is 3.15. The molecule has 130 valence electrons. The average Bonchev–Trinajstić information content (AvgIpc) is 2.93. The van der Waals surface area contributed by atoms with Crippen molar-refractivity contribution in [3.63, 3.8) is 0 Å². The molecule has 0 aromatic heterocycles. The highest BCUT2D eigenvalue weighted by molar-refractivity contribution is 14.0. The van der Waals surface area contributed by atoms with Gasteiger partial charge in [-0.15, -0.1) is 24.0 Å². The van der Waals surface area contributed by atoms with Crippen LogP contribution in [0.25, 0.3) is 0 Å². The van der Waals surface area contributed by atoms with Gasteiger partial charge >= 0.3 is 0 Å². The zero-order chi connectivity index (χ0) is 16.0. The minimum atomic E-state index is -0.266. The van der Waals surface area contributed by atoms with E-state index >= 15 is 0 Å². The molecule has 1 heterocycles. The van der Waals surface area contributed by atoms with Crippen molar-refractivity contribution >= 4 is 45.9 Å². The van der Waals surface area contributed by atoms with Crippen molar-refractivity contribution < 1.29 is 9.13 Å². The quantitative estimate of drug-likeness (QED) is 0.367. The van der Waals surface area contributed by atoms with E-state index in [9.17, 15) is 4.39 Å². The molecule has 0 aliphatic carbocycles. The maximum absolute atomic E-state index is 13.5. The Labute approximate surface area is 162 Å². The number of hydrogen-bond donors (Lipinski definition) is 2. The molecule has 0 saturated carbocycles. The Morgan fingerprint density at radius 3 is 2.83 bits per heavy atom. The van der Waals surface area contributed by atoms with Crippen LogP contribution in [0.15, 0.2) is 27.7 Å². The molecule has 23 heavy (non-hydrogen) atoms. The van der Waals surface area contributed by atoms with Crippen LogP contribution in [-0.2, 0) is 11.3 Å². The fourth-order valence-corrected chi connectivity index (χ4v) is 2.64. The fraction of sp³-hybridized carbons (Fsp3) is 0.562. The third-order valence-corrected chi connectivity index (χ3v) is 4.32. The van der Waals surface area contributed by atoms with Crippen LogP contribution in [0.3, 0.4) is 0 Å². The summed E-state index contributed by atoms with van der Waals surface area (Å²) in [6.45, 7) is 6.87. The Morgan fingerprint density at radius 1 is 1.43 bits per heavy atom. The largest absolute Gasteiger partial charge is 0.373 e. The van der Waals surface area contributed by atoms with Crippen molar-refractivity contribution in [3.05, 3.63) is 34.1 Å². The molecule has 1 atom stereocenters. The third-order valence-electron chi connectivity index (χ3n) is 3.68. The van der Waals surface area contributed by atoms with E-state index in [1.807, 2.05) is 13.0 Å². The molecule has 0 bridgehead atoms. The van der Waals surface area contributed by atoms with Crippen LogP contribution in [0.2, 0.25) is 0 Å². The Balaban J connectivity index is 0.00000264. The van der Waals surface area contributed by atoms with Gasteiger partial charge in [-0.2, -0.15) is 0 Å². The Kier molecular flexibility index (Phi) is 8.78. The molecular weight excluding hydrogens is 476 g/mol. The first-order chi connectivity index (χ1) is 10.5. The zero-order valence-corrected chi connectivity index (χ0v) is 17.4. The first kappa shape index (κ1) is 20.6. The number of rotatable bonds is 5. The molecule has 1 saturated heterocycles. The van der Waals surface area contributed by atoms with Crippen molar-refractivity contribution in [1.82, 2.24) is 10.6 Å². The summed E-state index contributed by atoms with van der Waals surface area (Å²) in [7, 11) is 0. The van der Waals surface area contributed by atoms with Crippen molar-refractivity contribution in [2.75, 3.05) is 19.7 Å². The lowest BCUT2D eigenvalue weighted by Crippen LogP contribution is -2.45. The van der Waals surface area contributed by atoms with Crippen molar-refractivity contribution in [3.8, 4) is 0 Å².